The van der Waals surface area contributed by atoms with Crippen molar-refractivity contribution in [3.8, 4) is 0 Å². The summed E-state index contributed by atoms with van der Waals surface area (Å²) in [4.78, 5) is 7.75. The summed E-state index contributed by atoms with van der Waals surface area (Å²) in [5, 5.41) is 9.62. The molecule has 0 saturated carbocycles. The fourth-order valence-electron chi connectivity index (χ4n) is 1.17. The molecule has 1 rings (SSSR count). The van der Waals surface area contributed by atoms with Crippen molar-refractivity contribution in [1.82, 2.24) is 9.97 Å². The van der Waals surface area contributed by atoms with E-state index in [0.717, 1.165) is 0 Å². The Morgan fingerprint density at radius 1 is 1.47 bits per heavy atom. The summed E-state index contributed by atoms with van der Waals surface area (Å²) in [6.07, 6.45) is 5.75. The summed E-state index contributed by atoms with van der Waals surface area (Å²) >= 11 is 0. The molecule has 0 aliphatic heterocycles. The van der Waals surface area contributed by atoms with Gasteiger partial charge in [-0.2, -0.15) is 0 Å². The van der Waals surface area contributed by atoms with Crippen LogP contribution in [0.3, 0.4) is 0 Å². The van der Waals surface area contributed by atoms with Crippen LogP contribution in [-0.4, -0.2) is 35.5 Å². The second-order valence-electron chi connectivity index (χ2n) is 3.42. The molecule has 0 aliphatic carbocycles. The molecule has 0 saturated heterocycles. The number of hydrogen-bond acceptors (Lipinski definition) is 5. The Morgan fingerprint density at radius 2 is 2.20 bits per heavy atom. The van der Waals surface area contributed by atoms with Crippen molar-refractivity contribution in [3.63, 3.8) is 0 Å². The monoisotopic (exact) mass is 230 g/mol. The Kier molecular flexibility index (Phi) is 4.16. The zero-order valence-corrected chi connectivity index (χ0v) is 9.31. The fourth-order valence-corrected chi connectivity index (χ4v) is 1.86. The maximum atomic E-state index is 10.8. The highest BCUT2D eigenvalue weighted by atomic mass is 32.2. The van der Waals surface area contributed by atoms with Gasteiger partial charge in [-0.1, -0.05) is 0 Å². The molecular weight excluding hydrogens is 216 g/mol. The lowest BCUT2D eigenvalue weighted by atomic mass is 10.1. The summed E-state index contributed by atoms with van der Waals surface area (Å²) in [5.74, 6) is 0.0876. The number of rotatable bonds is 5. The van der Waals surface area contributed by atoms with Gasteiger partial charge >= 0.3 is 0 Å². The zero-order chi connectivity index (χ0) is 11.3. The molecule has 1 N–H and O–H groups in total. The van der Waals surface area contributed by atoms with Gasteiger partial charge in [-0.25, -0.2) is 8.42 Å². The SMILES string of the molecule is CS(=O)(=O)CCCC(O)c1cnccn1. The molecule has 0 amide bonds. The first-order valence-electron chi connectivity index (χ1n) is 4.61. The van der Waals surface area contributed by atoms with Crippen LogP contribution in [0.4, 0.5) is 0 Å². The maximum absolute atomic E-state index is 10.8. The van der Waals surface area contributed by atoms with Crippen molar-refractivity contribution in [3.05, 3.63) is 24.3 Å². The second kappa shape index (κ2) is 5.18. The van der Waals surface area contributed by atoms with Gasteiger partial charge in [-0.15, -0.1) is 0 Å². The van der Waals surface area contributed by atoms with E-state index in [9.17, 15) is 13.5 Å². The average Bonchev–Trinajstić information content (AvgIpc) is 2.17. The van der Waals surface area contributed by atoms with E-state index in [4.69, 9.17) is 0 Å². The van der Waals surface area contributed by atoms with Crippen molar-refractivity contribution in [2.45, 2.75) is 18.9 Å². The first-order chi connectivity index (χ1) is 6.99. The summed E-state index contributed by atoms with van der Waals surface area (Å²) in [7, 11) is -2.95. The van der Waals surface area contributed by atoms with Crippen LogP contribution in [0.1, 0.15) is 24.6 Å². The highest BCUT2D eigenvalue weighted by molar-refractivity contribution is 7.90. The molecule has 0 bridgehead atoms. The topological polar surface area (TPSA) is 80.2 Å². The van der Waals surface area contributed by atoms with Crippen LogP contribution in [0, 0.1) is 0 Å². The van der Waals surface area contributed by atoms with Crippen LogP contribution >= 0.6 is 0 Å². The van der Waals surface area contributed by atoms with E-state index in [1.807, 2.05) is 0 Å². The van der Waals surface area contributed by atoms with Gasteiger partial charge in [0.2, 0.25) is 0 Å². The minimum atomic E-state index is -2.95. The first kappa shape index (κ1) is 12.1. The minimum Gasteiger partial charge on any atom is -0.387 e. The van der Waals surface area contributed by atoms with Gasteiger partial charge in [-0.05, 0) is 12.8 Å². The third kappa shape index (κ3) is 4.85. The Hall–Kier alpha value is -1.01. The predicted octanol–water partition coefficient (Wildman–Crippen LogP) is 0.335. The molecule has 0 radical (unpaired) electrons. The molecule has 1 aromatic rings. The average molecular weight is 230 g/mol. The lowest BCUT2D eigenvalue weighted by Gasteiger charge is -2.08. The fraction of sp³-hybridized carbons (Fsp3) is 0.556. The first-order valence-corrected chi connectivity index (χ1v) is 6.67. The summed E-state index contributed by atoms with van der Waals surface area (Å²) in [6.45, 7) is 0. The normalized spacial score (nSPS) is 13.7. The lowest BCUT2D eigenvalue weighted by Crippen LogP contribution is -2.06. The van der Waals surface area contributed by atoms with Crippen molar-refractivity contribution in [2.75, 3.05) is 12.0 Å². The van der Waals surface area contributed by atoms with Crippen molar-refractivity contribution < 1.29 is 13.5 Å². The number of aliphatic hydroxyl groups is 1. The quantitative estimate of drug-likeness (QED) is 0.788. The molecule has 0 fully saturated rings. The van der Waals surface area contributed by atoms with Gasteiger partial charge in [0.15, 0.2) is 0 Å². The van der Waals surface area contributed by atoms with Crippen LogP contribution in [0.5, 0.6) is 0 Å². The van der Waals surface area contributed by atoms with Crippen LogP contribution in [-0.2, 0) is 9.84 Å². The molecular formula is C9H14N2O3S. The van der Waals surface area contributed by atoms with Crippen LogP contribution < -0.4 is 0 Å². The molecule has 84 valence electrons. The Labute approximate surface area is 89.1 Å². The van der Waals surface area contributed by atoms with Crippen molar-refractivity contribution in [2.24, 2.45) is 0 Å². The van der Waals surface area contributed by atoms with Crippen molar-refractivity contribution in [1.29, 1.82) is 0 Å². The molecule has 1 aromatic heterocycles. The number of aromatic nitrogens is 2. The molecule has 1 atom stereocenters. The lowest BCUT2D eigenvalue weighted by molar-refractivity contribution is 0.161. The third-order valence-corrected chi connectivity index (χ3v) is 2.95. The number of aliphatic hydroxyl groups excluding tert-OH is 1. The van der Waals surface area contributed by atoms with E-state index in [-0.39, 0.29) is 5.75 Å². The van der Waals surface area contributed by atoms with E-state index in [1.165, 1.54) is 24.8 Å². The maximum Gasteiger partial charge on any atom is 0.147 e. The molecule has 0 spiro atoms. The highest BCUT2D eigenvalue weighted by Gasteiger charge is 2.10. The largest absolute Gasteiger partial charge is 0.387 e. The standard InChI is InChI=1S/C9H14N2O3S/c1-15(13,14)6-2-3-9(12)8-7-10-4-5-11-8/h4-5,7,9,12H,2-3,6H2,1H3. The summed E-state index contributed by atoms with van der Waals surface area (Å²) < 4.78 is 21.7. The Bertz CT molecular complexity index is 391. The number of nitrogens with zero attached hydrogens (tertiary/aromatic N) is 2. The van der Waals surface area contributed by atoms with Gasteiger partial charge < -0.3 is 5.11 Å². The number of sulfone groups is 1. The van der Waals surface area contributed by atoms with E-state index < -0.39 is 15.9 Å². The van der Waals surface area contributed by atoms with Crippen LogP contribution in [0.15, 0.2) is 18.6 Å². The third-order valence-electron chi connectivity index (χ3n) is 1.92. The van der Waals surface area contributed by atoms with Gasteiger partial charge in [0.05, 0.1) is 18.0 Å². The van der Waals surface area contributed by atoms with Crippen LogP contribution in [0.25, 0.3) is 0 Å². The van der Waals surface area contributed by atoms with Crippen LogP contribution in [0.2, 0.25) is 0 Å². The molecule has 6 heteroatoms. The molecule has 1 heterocycles. The molecule has 1 unspecified atom stereocenters. The van der Waals surface area contributed by atoms with Gasteiger partial charge in [0.25, 0.3) is 0 Å². The second-order valence-corrected chi connectivity index (χ2v) is 5.68. The Morgan fingerprint density at radius 3 is 2.73 bits per heavy atom. The van der Waals surface area contributed by atoms with Gasteiger partial charge in [-0.3, -0.25) is 9.97 Å². The summed E-state index contributed by atoms with van der Waals surface area (Å²) in [6, 6.07) is 0. The van der Waals surface area contributed by atoms with Crippen molar-refractivity contribution >= 4 is 9.84 Å². The molecule has 15 heavy (non-hydrogen) atoms. The molecule has 5 nitrogen and oxygen atoms in total. The predicted molar refractivity (Wildman–Crippen MR) is 55.9 cm³/mol. The molecule has 0 aromatic carbocycles. The number of hydrogen-bond donors (Lipinski definition) is 1. The highest BCUT2D eigenvalue weighted by Crippen LogP contribution is 2.14. The van der Waals surface area contributed by atoms with E-state index >= 15 is 0 Å². The zero-order valence-electron chi connectivity index (χ0n) is 8.50. The van der Waals surface area contributed by atoms with Gasteiger partial charge in [0.1, 0.15) is 9.84 Å². The smallest absolute Gasteiger partial charge is 0.147 e. The van der Waals surface area contributed by atoms with E-state index in [0.29, 0.717) is 18.5 Å². The molecule has 0 aliphatic rings. The van der Waals surface area contributed by atoms with Gasteiger partial charge in [0, 0.05) is 24.4 Å². The minimum absolute atomic E-state index is 0.0876. The van der Waals surface area contributed by atoms with E-state index in [1.54, 1.807) is 0 Å². The Balaban J connectivity index is 2.41. The van der Waals surface area contributed by atoms with E-state index in [2.05, 4.69) is 9.97 Å². The summed E-state index contributed by atoms with van der Waals surface area (Å²) in [5.41, 5.74) is 0.478.